The van der Waals surface area contributed by atoms with Gasteiger partial charge < -0.3 is 14.5 Å². The van der Waals surface area contributed by atoms with E-state index in [0.717, 1.165) is 32.5 Å². The molecular weight excluding hydrogens is 332 g/mol. The molecule has 0 aliphatic rings. The van der Waals surface area contributed by atoms with Gasteiger partial charge in [0.25, 0.3) is 0 Å². The molecule has 5 heteroatoms. The topological polar surface area (TPSA) is 47.1 Å². The lowest BCUT2D eigenvalue weighted by molar-refractivity contribution is 0.356. The summed E-state index contributed by atoms with van der Waals surface area (Å²) < 4.78 is 11.7. The van der Waals surface area contributed by atoms with Crippen molar-refractivity contribution in [3.05, 3.63) is 40.4 Å². The van der Waals surface area contributed by atoms with Crippen molar-refractivity contribution in [3.8, 4) is 22.9 Å². The first-order valence-electron chi connectivity index (χ1n) is 6.50. The van der Waals surface area contributed by atoms with E-state index in [-0.39, 0.29) is 0 Å². The first-order chi connectivity index (χ1) is 10.1. The number of ether oxygens (including phenoxy) is 2. The van der Waals surface area contributed by atoms with Crippen molar-refractivity contribution in [2.45, 2.75) is 6.92 Å². The maximum Gasteiger partial charge on any atom is 0.163 e. The predicted octanol–water partition coefficient (Wildman–Crippen LogP) is 4.32. The van der Waals surface area contributed by atoms with Crippen molar-refractivity contribution in [1.29, 1.82) is 0 Å². The molecule has 0 fully saturated rings. The first kappa shape index (κ1) is 13.9. The lowest BCUT2D eigenvalue weighted by atomic mass is 10.1. The number of fused-ring (bicyclic) bond motifs is 1. The molecule has 0 amide bonds. The van der Waals surface area contributed by atoms with Crippen LogP contribution in [0, 0.1) is 6.92 Å². The monoisotopic (exact) mass is 346 g/mol. The number of H-pyrrole nitrogens is 1. The number of imidazole rings is 1. The number of rotatable bonds is 3. The zero-order valence-electron chi connectivity index (χ0n) is 12.0. The smallest absolute Gasteiger partial charge is 0.163 e. The number of hydrogen-bond acceptors (Lipinski definition) is 3. The fourth-order valence-electron chi connectivity index (χ4n) is 2.36. The van der Waals surface area contributed by atoms with Crippen LogP contribution in [0.2, 0.25) is 0 Å². The Kier molecular flexibility index (Phi) is 3.59. The van der Waals surface area contributed by atoms with Crippen LogP contribution in [0.4, 0.5) is 0 Å². The minimum absolute atomic E-state index is 0.676. The highest BCUT2D eigenvalue weighted by atomic mass is 79.9. The van der Waals surface area contributed by atoms with Crippen LogP contribution in [0.15, 0.2) is 34.8 Å². The number of aryl methyl sites for hydroxylation is 1. The second-order valence-corrected chi connectivity index (χ2v) is 5.68. The van der Waals surface area contributed by atoms with Crippen molar-refractivity contribution < 1.29 is 9.47 Å². The van der Waals surface area contributed by atoms with Crippen LogP contribution >= 0.6 is 15.9 Å². The van der Waals surface area contributed by atoms with E-state index in [2.05, 4.69) is 38.9 Å². The number of halogens is 1. The Balaban J connectivity index is 2.16. The average molecular weight is 347 g/mol. The molecule has 0 saturated carbocycles. The fourth-order valence-corrected chi connectivity index (χ4v) is 2.83. The highest BCUT2D eigenvalue weighted by Gasteiger charge is 2.12. The van der Waals surface area contributed by atoms with Gasteiger partial charge in [-0.3, -0.25) is 0 Å². The molecule has 2 aromatic carbocycles. The molecule has 3 aromatic rings. The molecule has 3 rings (SSSR count). The van der Waals surface area contributed by atoms with Gasteiger partial charge in [-0.2, -0.15) is 0 Å². The van der Waals surface area contributed by atoms with E-state index in [1.807, 2.05) is 24.3 Å². The Morgan fingerprint density at radius 2 is 1.76 bits per heavy atom. The number of aromatic amines is 1. The van der Waals surface area contributed by atoms with Gasteiger partial charge in [0.2, 0.25) is 0 Å². The zero-order valence-corrected chi connectivity index (χ0v) is 13.6. The third-order valence-corrected chi connectivity index (χ3v) is 3.92. The summed E-state index contributed by atoms with van der Waals surface area (Å²) in [4.78, 5) is 7.99. The van der Waals surface area contributed by atoms with E-state index in [1.54, 1.807) is 14.2 Å². The van der Waals surface area contributed by atoms with Crippen molar-refractivity contribution >= 4 is 27.0 Å². The third kappa shape index (κ3) is 2.49. The quantitative estimate of drug-likeness (QED) is 0.768. The molecule has 21 heavy (non-hydrogen) atoms. The highest BCUT2D eigenvalue weighted by molar-refractivity contribution is 9.10. The lowest BCUT2D eigenvalue weighted by Crippen LogP contribution is -1.89. The van der Waals surface area contributed by atoms with Crippen molar-refractivity contribution in [2.24, 2.45) is 0 Å². The van der Waals surface area contributed by atoms with E-state index in [0.29, 0.717) is 11.5 Å². The molecule has 0 radical (unpaired) electrons. The first-order valence-corrected chi connectivity index (χ1v) is 7.30. The Morgan fingerprint density at radius 3 is 2.43 bits per heavy atom. The number of hydrogen-bond donors (Lipinski definition) is 1. The maximum absolute atomic E-state index is 5.32. The van der Waals surface area contributed by atoms with Crippen LogP contribution in [0.1, 0.15) is 5.56 Å². The minimum Gasteiger partial charge on any atom is -0.493 e. The average Bonchev–Trinajstić information content (AvgIpc) is 2.87. The number of benzene rings is 2. The molecule has 0 unspecified atom stereocenters. The highest BCUT2D eigenvalue weighted by Crippen LogP contribution is 2.33. The van der Waals surface area contributed by atoms with Crippen LogP contribution in [0.25, 0.3) is 22.4 Å². The lowest BCUT2D eigenvalue weighted by Gasteiger charge is -2.06. The Labute approximate surface area is 131 Å². The van der Waals surface area contributed by atoms with Gasteiger partial charge in [0.05, 0.1) is 25.3 Å². The number of nitrogens with one attached hydrogen (secondary N) is 1. The molecule has 0 aliphatic heterocycles. The normalized spacial score (nSPS) is 10.9. The van der Waals surface area contributed by atoms with Crippen LogP contribution in [-0.4, -0.2) is 24.2 Å². The molecule has 1 N–H and O–H groups in total. The third-order valence-electron chi connectivity index (χ3n) is 3.43. The van der Waals surface area contributed by atoms with E-state index in [1.165, 1.54) is 0 Å². The molecule has 0 spiro atoms. The molecule has 0 bridgehead atoms. The summed E-state index contributed by atoms with van der Waals surface area (Å²) in [6, 6.07) is 9.91. The van der Waals surface area contributed by atoms with Crippen molar-refractivity contribution in [2.75, 3.05) is 14.2 Å². The second-order valence-electron chi connectivity index (χ2n) is 4.77. The van der Waals surface area contributed by atoms with Gasteiger partial charge in [-0.25, -0.2) is 4.98 Å². The van der Waals surface area contributed by atoms with Gasteiger partial charge in [0.15, 0.2) is 11.5 Å². The van der Waals surface area contributed by atoms with Gasteiger partial charge in [0, 0.05) is 22.2 Å². The molecule has 4 nitrogen and oxygen atoms in total. The van der Waals surface area contributed by atoms with E-state index in [4.69, 9.17) is 9.47 Å². The molecule has 1 heterocycles. The van der Waals surface area contributed by atoms with Crippen LogP contribution in [0.3, 0.4) is 0 Å². The Morgan fingerprint density at radius 1 is 1.05 bits per heavy atom. The standard InChI is InChI=1S/C16H15BrN2O2/c1-9-6-10(17)4-5-11(9)16-18-12-7-14(20-2)15(21-3)8-13(12)19-16/h4-8H,1-3H3,(H,18,19). The van der Waals surface area contributed by atoms with Crippen LogP contribution in [-0.2, 0) is 0 Å². The largest absolute Gasteiger partial charge is 0.493 e. The molecule has 108 valence electrons. The molecule has 0 atom stereocenters. The van der Waals surface area contributed by atoms with Crippen LogP contribution in [0.5, 0.6) is 11.5 Å². The van der Waals surface area contributed by atoms with Gasteiger partial charge in [0.1, 0.15) is 5.82 Å². The predicted molar refractivity (Wildman–Crippen MR) is 87.1 cm³/mol. The Bertz CT molecular complexity index is 770. The number of nitrogens with zero attached hydrogens (tertiary/aromatic N) is 1. The second kappa shape index (κ2) is 5.41. The molecule has 0 saturated heterocycles. The Hall–Kier alpha value is -2.01. The number of aromatic nitrogens is 2. The summed E-state index contributed by atoms with van der Waals surface area (Å²) in [7, 11) is 3.25. The summed E-state index contributed by atoms with van der Waals surface area (Å²) in [5.41, 5.74) is 4.00. The van der Waals surface area contributed by atoms with Gasteiger partial charge in [-0.1, -0.05) is 15.9 Å². The SMILES string of the molecule is COc1cc2nc(-c3ccc(Br)cc3C)[nH]c2cc1OC. The summed E-state index contributed by atoms with van der Waals surface area (Å²) in [5, 5.41) is 0. The van der Waals surface area contributed by atoms with Crippen LogP contribution < -0.4 is 9.47 Å². The van der Waals surface area contributed by atoms with Gasteiger partial charge in [-0.05, 0) is 30.7 Å². The van der Waals surface area contributed by atoms with E-state index >= 15 is 0 Å². The van der Waals surface area contributed by atoms with Gasteiger partial charge >= 0.3 is 0 Å². The fraction of sp³-hybridized carbons (Fsp3) is 0.188. The van der Waals surface area contributed by atoms with Crippen molar-refractivity contribution in [3.63, 3.8) is 0 Å². The van der Waals surface area contributed by atoms with Gasteiger partial charge in [-0.15, -0.1) is 0 Å². The van der Waals surface area contributed by atoms with E-state index in [9.17, 15) is 0 Å². The maximum atomic E-state index is 5.32. The minimum atomic E-state index is 0.676. The van der Waals surface area contributed by atoms with Crippen molar-refractivity contribution in [1.82, 2.24) is 9.97 Å². The summed E-state index contributed by atoms with van der Waals surface area (Å²) in [6.45, 7) is 2.06. The summed E-state index contributed by atoms with van der Waals surface area (Å²) >= 11 is 3.48. The summed E-state index contributed by atoms with van der Waals surface area (Å²) in [5.74, 6) is 2.20. The van der Waals surface area contributed by atoms with E-state index < -0.39 is 0 Å². The molecule has 1 aromatic heterocycles. The summed E-state index contributed by atoms with van der Waals surface area (Å²) in [6.07, 6.45) is 0. The zero-order chi connectivity index (χ0) is 15.0. The number of methoxy groups -OCH3 is 2. The molecule has 0 aliphatic carbocycles. The molecular formula is C16H15BrN2O2.